The summed E-state index contributed by atoms with van der Waals surface area (Å²) in [6.07, 6.45) is 3.77. The number of morpholine rings is 1. The van der Waals surface area contributed by atoms with Gasteiger partial charge in [0.25, 0.3) is 5.91 Å². The molecule has 0 aliphatic carbocycles. The highest BCUT2D eigenvalue weighted by Gasteiger charge is 2.34. The molecule has 28 heavy (non-hydrogen) atoms. The highest BCUT2D eigenvalue weighted by atomic mass is 35.5. The maximum atomic E-state index is 13.4. The van der Waals surface area contributed by atoms with Gasteiger partial charge in [-0.1, -0.05) is 29.8 Å². The predicted octanol–water partition coefficient (Wildman–Crippen LogP) is 2.89. The van der Waals surface area contributed by atoms with E-state index in [2.05, 4.69) is 10.3 Å². The normalized spacial score (nSPS) is 22.6. The van der Waals surface area contributed by atoms with Gasteiger partial charge in [-0.2, -0.15) is 0 Å². The SMILES string of the molecule is CCc1c(C(=O)N2CCOCC2CC2CCCO2)nnn1-c1cccc(Cl)c1. The third kappa shape index (κ3) is 3.92. The molecule has 0 radical (unpaired) electrons. The summed E-state index contributed by atoms with van der Waals surface area (Å²) in [6, 6.07) is 7.40. The second kappa shape index (κ2) is 8.59. The van der Waals surface area contributed by atoms with Crippen LogP contribution in [0.4, 0.5) is 0 Å². The Morgan fingerprint density at radius 1 is 1.36 bits per heavy atom. The molecule has 3 heterocycles. The van der Waals surface area contributed by atoms with Gasteiger partial charge in [-0.25, -0.2) is 4.68 Å². The summed E-state index contributed by atoms with van der Waals surface area (Å²) >= 11 is 6.12. The zero-order valence-corrected chi connectivity index (χ0v) is 16.8. The van der Waals surface area contributed by atoms with E-state index in [9.17, 15) is 4.79 Å². The Morgan fingerprint density at radius 3 is 3.00 bits per heavy atom. The average molecular weight is 405 g/mol. The van der Waals surface area contributed by atoms with Crippen LogP contribution in [0.1, 0.15) is 42.4 Å². The predicted molar refractivity (Wildman–Crippen MR) is 105 cm³/mol. The third-order valence-corrected chi connectivity index (χ3v) is 5.64. The van der Waals surface area contributed by atoms with Crippen LogP contribution in [-0.4, -0.2) is 64.3 Å². The number of carbonyl (C=O) groups is 1. The molecule has 0 bridgehead atoms. The molecular formula is C20H25ClN4O3. The van der Waals surface area contributed by atoms with Crippen LogP contribution in [-0.2, 0) is 15.9 Å². The lowest BCUT2D eigenvalue weighted by molar-refractivity contribution is -0.0207. The molecule has 2 atom stereocenters. The van der Waals surface area contributed by atoms with Gasteiger partial charge in [0.1, 0.15) is 0 Å². The fourth-order valence-electron chi connectivity index (χ4n) is 3.99. The Kier molecular flexibility index (Phi) is 5.94. The lowest BCUT2D eigenvalue weighted by Crippen LogP contribution is -2.50. The van der Waals surface area contributed by atoms with E-state index in [-0.39, 0.29) is 18.1 Å². The minimum Gasteiger partial charge on any atom is -0.378 e. The topological polar surface area (TPSA) is 69.5 Å². The van der Waals surface area contributed by atoms with Crippen molar-refractivity contribution in [1.29, 1.82) is 0 Å². The molecule has 2 aromatic rings. The molecule has 0 spiro atoms. The molecule has 2 aliphatic rings. The van der Waals surface area contributed by atoms with Crippen molar-refractivity contribution in [2.45, 2.75) is 44.8 Å². The number of rotatable bonds is 5. The second-order valence-electron chi connectivity index (χ2n) is 7.23. The molecule has 0 N–H and O–H groups in total. The number of benzene rings is 1. The van der Waals surface area contributed by atoms with Gasteiger partial charge in [0.05, 0.1) is 36.7 Å². The first-order chi connectivity index (χ1) is 13.7. The summed E-state index contributed by atoms with van der Waals surface area (Å²) in [5.41, 5.74) is 1.99. The minimum atomic E-state index is -0.0866. The van der Waals surface area contributed by atoms with Crippen molar-refractivity contribution in [1.82, 2.24) is 19.9 Å². The summed E-state index contributed by atoms with van der Waals surface area (Å²) in [7, 11) is 0. The monoisotopic (exact) mass is 404 g/mol. The highest BCUT2D eigenvalue weighted by Crippen LogP contribution is 2.24. The zero-order valence-electron chi connectivity index (χ0n) is 16.0. The summed E-state index contributed by atoms with van der Waals surface area (Å²) in [4.78, 5) is 15.2. The van der Waals surface area contributed by atoms with Crippen LogP contribution < -0.4 is 0 Å². The van der Waals surface area contributed by atoms with E-state index in [1.165, 1.54) is 0 Å². The van der Waals surface area contributed by atoms with Gasteiger partial charge in [0.15, 0.2) is 5.69 Å². The summed E-state index contributed by atoms with van der Waals surface area (Å²) in [5, 5.41) is 9.11. The lowest BCUT2D eigenvalue weighted by Gasteiger charge is -2.36. The van der Waals surface area contributed by atoms with Crippen LogP contribution >= 0.6 is 11.6 Å². The molecule has 1 aromatic carbocycles. The van der Waals surface area contributed by atoms with Crippen molar-refractivity contribution in [2.24, 2.45) is 0 Å². The smallest absolute Gasteiger partial charge is 0.276 e. The van der Waals surface area contributed by atoms with Crippen molar-refractivity contribution in [2.75, 3.05) is 26.4 Å². The Labute approximate surface area is 169 Å². The quantitative estimate of drug-likeness (QED) is 0.766. The van der Waals surface area contributed by atoms with E-state index in [0.717, 1.165) is 37.3 Å². The van der Waals surface area contributed by atoms with Crippen LogP contribution in [0.25, 0.3) is 5.69 Å². The molecule has 2 fully saturated rings. The van der Waals surface area contributed by atoms with Crippen molar-refractivity contribution in [3.63, 3.8) is 0 Å². The first kappa shape index (κ1) is 19.4. The number of halogens is 1. The van der Waals surface area contributed by atoms with Gasteiger partial charge < -0.3 is 14.4 Å². The van der Waals surface area contributed by atoms with Crippen molar-refractivity contribution in [3.05, 3.63) is 40.7 Å². The number of hydrogen-bond acceptors (Lipinski definition) is 5. The van der Waals surface area contributed by atoms with Crippen molar-refractivity contribution in [3.8, 4) is 5.69 Å². The number of aromatic nitrogens is 3. The summed E-state index contributed by atoms with van der Waals surface area (Å²) in [6.45, 7) is 4.44. The molecule has 1 aromatic heterocycles. The van der Waals surface area contributed by atoms with Gasteiger partial charge in [-0.3, -0.25) is 4.79 Å². The largest absolute Gasteiger partial charge is 0.378 e. The van der Waals surface area contributed by atoms with E-state index >= 15 is 0 Å². The summed E-state index contributed by atoms with van der Waals surface area (Å²) < 4.78 is 13.1. The van der Waals surface area contributed by atoms with Gasteiger partial charge in [0, 0.05) is 18.2 Å². The molecule has 2 aliphatic heterocycles. The lowest BCUT2D eigenvalue weighted by atomic mass is 10.0. The van der Waals surface area contributed by atoms with E-state index in [1.54, 1.807) is 4.68 Å². The fourth-order valence-corrected chi connectivity index (χ4v) is 4.17. The second-order valence-corrected chi connectivity index (χ2v) is 7.66. The van der Waals surface area contributed by atoms with Gasteiger partial charge in [-0.05, 0) is 43.9 Å². The fraction of sp³-hybridized carbons (Fsp3) is 0.550. The van der Waals surface area contributed by atoms with Gasteiger partial charge in [0.2, 0.25) is 0 Å². The van der Waals surface area contributed by atoms with Crippen LogP contribution in [0.15, 0.2) is 24.3 Å². The minimum absolute atomic E-state index is 0.00498. The first-order valence-corrected chi connectivity index (χ1v) is 10.3. The molecular weight excluding hydrogens is 380 g/mol. The average Bonchev–Trinajstić information content (AvgIpc) is 3.37. The molecule has 4 rings (SSSR count). The number of ether oxygens (including phenoxy) is 2. The van der Waals surface area contributed by atoms with Gasteiger partial charge in [-0.15, -0.1) is 5.10 Å². The number of carbonyl (C=O) groups excluding carboxylic acids is 1. The Bertz CT molecular complexity index is 835. The van der Waals surface area contributed by atoms with E-state index in [1.807, 2.05) is 36.1 Å². The third-order valence-electron chi connectivity index (χ3n) is 5.40. The standard InChI is InChI=1S/C20H25ClN4O3/c1-2-18-19(22-23-25(18)15-6-3-5-14(21)11-15)20(26)24-8-10-27-13-16(24)12-17-7-4-9-28-17/h3,5-6,11,16-17H,2,4,7-10,12-13H2,1H3. The van der Waals surface area contributed by atoms with Crippen molar-refractivity contribution >= 4 is 17.5 Å². The number of amides is 1. The molecule has 0 saturated carbocycles. The Balaban J connectivity index is 1.59. The molecule has 2 unspecified atom stereocenters. The number of hydrogen-bond donors (Lipinski definition) is 0. The van der Waals surface area contributed by atoms with E-state index in [4.69, 9.17) is 21.1 Å². The maximum Gasteiger partial charge on any atom is 0.276 e. The maximum absolute atomic E-state index is 13.4. The van der Waals surface area contributed by atoms with Crippen LogP contribution in [0.5, 0.6) is 0 Å². The van der Waals surface area contributed by atoms with Crippen LogP contribution in [0, 0.1) is 0 Å². The van der Waals surface area contributed by atoms with Gasteiger partial charge >= 0.3 is 0 Å². The van der Waals surface area contributed by atoms with Crippen LogP contribution in [0.2, 0.25) is 5.02 Å². The first-order valence-electron chi connectivity index (χ1n) is 9.88. The molecule has 7 nitrogen and oxygen atoms in total. The molecule has 150 valence electrons. The Morgan fingerprint density at radius 2 is 2.25 bits per heavy atom. The summed E-state index contributed by atoms with van der Waals surface area (Å²) in [5.74, 6) is -0.0866. The molecule has 1 amide bonds. The van der Waals surface area contributed by atoms with E-state index in [0.29, 0.717) is 36.9 Å². The molecule has 2 saturated heterocycles. The molecule has 8 heteroatoms. The highest BCUT2D eigenvalue weighted by molar-refractivity contribution is 6.30. The zero-order chi connectivity index (χ0) is 19.5. The van der Waals surface area contributed by atoms with Crippen molar-refractivity contribution < 1.29 is 14.3 Å². The van der Waals surface area contributed by atoms with Crippen LogP contribution in [0.3, 0.4) is 0 Å². The Hall–Kier alpha value is -1.96. The van der Waals surface area contributed by atoms with E-state index < -0.39 is 0 Å². The number of nitrogens with zero attached hydrogens (tertiary/aromatic N) is 4.